The van der Waals surface area contributed by atoms with E-state index >= 15 is 0 Å². The maximum Gasteiger partial charge on any atom is 0.137 e. The van der Waals surface area contributed by atoms with Crippen LogP contribution in [-0.4, -0.2) is 21.2 Å². The highest BCUT2D eigenvalue weighted by atomic mass is 16.5. The number of anilines is 4. The minimum absolute atomic E-state index is 0.0121. The van der Waals surface area contributed by atoms with E-state index in [1.165, 1.54) is 49.6 Å². The van der Waals surface area contributed by atoms with Gasteiger partial charge in [-0.3, -0.25) is 4.57 Å². The van der Waals surface area contributed by atoms with Crippen LogP contribution < -0.4 is 15.0 Å². The molecule has 7 aromatic carbocycles. The maximum absolute atomic E-state index is 6.88. The number of pyridine rings is 1. The van der Waals surface area contributed by atoms with Crippen LogP contribution in [-0.2, 0) is 12.0 Å². The van der Waals surface area contributed by atoms with Gasteiger partial charge in [-0.05, 0) is 77.1 Å². The molecule has 0 atom stereocenters. The Kier molecular flexibility index (Phi) is 9.99. The van der Waals surface area contributed by atoms with Gasteiger partial charge in [-0.15, -0.1) is 0 Å². The van der Waals surface area contributed by atoms with E-state index in [0.717, 1.165) is 70.5 Å². The van der Waals surface area contributed by atoms with Crippen LogP contribution in [0.15, 0.2) is 176 Å². The molecular formula is C56H51N5O. The van der Waals surface area contributed by atoms with Crippen molar-refractivity contribution in [3.05, 3.63) is 182 Å². The Labute approximate surface area is 364 Å². The van der Waals surface area contributed by atoms with Crippen LogP contribution in [0, 0.1) is 0 Å². The summed E-state index contributed by atoms with van der Waals surface area (Å²) in [5.41, 5.74) is 14.7. The van der Waals surface area contributed by atoms with Crippen molar-refractivity contribution >= 4 is 55.6 Å². The number of benzene rings is 7. The minimum Gasteiger partial charge on any atom is -0.457 e. The summed E-state index contributed by atoms with van der Waals surface area (Å²) < 4.78 is 11.7. The van der Waals surface area contributed by atoms with Crippen LogP contribution in [0.5, 0.6) is 11.5 Å². The summed E-state index contributed by atoms with van der Waals surface area (Å²) in [7, 11) is 2.16. The van der Waals surface area contributed by atoms with Crippen molar-refractivity contribution in [2.45, 2.75) is 52.5 Å². The summed E-state index contributed by atoms with van der Waals surface area (Å²) >= 11 is 0. The van der Waals surface area contributed by atoms with Gasteiger partial charge in [0, 0.05) is 65.6 Å². The van der Waals surface area contributed by atoms with Crippen LogP contribution in [0.25, 0.3) is 60.9 Å². The number of rotatable bonds is 12. The summed E-state index contributed by atoms with van der Waals surface area (Å²) in [4.78, 5) is 7.27. The molecule has 0 aliphatic heterocycles. The Bertz CT molecular complexity index is 3120. The van der Waals surface area contributed by atoms with E-state index in [1.807, 2.05) is 12.3 Å². The molecule has 0 aliphatic rings. The molecule has 0 saturated heterocycles. The molecule has 0 radical (unpaired) electrons. The Morgan fingerprint density at radius 3 is 1.98 bits per heavy atom. The molecule has 0 fully saturated rings. The number of nitrogens with zero attached hydrogens (tertiary/aromatic N) is 4. The molecular weight excluding hydrogens is 759 g/mol. The number of aryl methyl sites for hydroxylation is 1. The molecule has 6 nitrogen and oxygen atoms in total. The fourth-order valence-electron chi connectivity index (χ4n) is 9.08. The Hall–Kier alpha value is -7.31. The second-order valence-corrected chi connectivity index (χ2v) is 17.3. The highest BCUT2D eigenvalue weighted by molar-refractivity contribution is 6.25. The first kappa shape index (κ1) is 38.9. The molecule has 0 aliphatic carbocycles. The number of hydrogen-bond donors (Lipinski definition) is 1. The van der Waals surface area contributed by atoms with Gasteiger partial charge in [0.1, 0.15) is 17.3 Å². The van der Waals surface area contributed by atoms with Gasteiger partial charge in [0.25, 0.3) is 0 Å². The first-order valence-electron chi connectivity index (χ1n) is 21.7. The molecule has 62 heavy (non-hydrogen) atoms. The molecule has 3 heterocycles. The Morgan fingerprint density at radius 2 is 1.26 bits per heavy atom. The minimum atomic E-state index is -0.0121. The molecule has 6 heteroatoms. The van der Waals surface area contributed by atoms with E-state index in [-0.39, 0.29) is 5.41 Å². The summed E-state index contributed by atoms with van der Waals surface area (Å²) in [5, 5.41) is 6.30. The molecule has 0 unspecified atom stereocenters. The van der Waals surface area contributed by atoms with Gasteiger partial charge in [-0.25, -0.2) is 4.98 Å². The molecule has 10 rings (SSSR count). The molecule has 0 amide bonds. The van der Waals surface area contributed by atoms with Crippen molar-refractivity contribution in [1.82, 2.24) is 14.1 Å². The zero-order valence-electron chi connectivity index (χ0n) is 36.1. The molecule has 10 aromatic rings. The normalized spacial score (nSPS) is 11.8. The first-order valence-corrected chi connectivity index (χ1v) is 21.7. The SMILES string of the molecule is CCCCn1c2cccc3c2c2c1cc(Oc1cccc(Nc4ccccc4N(C)c4c(-c5ccccc5)cccc4-c4ccccc4)c1)cc2n3-c1cc(C(C)(C)C)ccn1. The predicted molar refractivity (Wildman–Crippen MR) is 260 cm³/mol. The van der Waals surface area contributed by atoms with Crippen LogP contribution in [0.3, 0.4) is 0 Å². The lowest BCUT2D eigenvalue weighted by Gasteiger charge is -2.28. The number of unbranched alkanes of at least 4 members (excludes halogenated alkanes) is 1. The van der Waals surface area contributed by atoms with Crippen molar-refractivity contribution in [2.24, 2.45) is 0 Å². The third-order valence-corrected chi connectivity index (χ3v) is 12.1. The van der Waals surface area contributed by atoms with Crippen LogP contribution >= 0.6 is 0 Å². The van der Waals surface area contributed by atoms with E-state index in [4.69, 9.17) is 9.72 Å². The number of aromatic nitrogens is 3. The molecule has 1 N–H and O–H groups in total. The lowest BCUT2D eigenvalue weighted by molar-refractivity contribution is 0.483. The van der Waals surface area contributed by atoms with Gasteiger partial charge in [0.2, 0.25) is 0 Å². The van der Waals surface area contributed by atoms with Crippen molar-refractivity contribution in [3.63, 3.8) is 0 Å². The molecule has 0 spiro atoms. The summed E-state index contributed by atoms with van der Waals surface area (Å²) in [5.74, 6) is 2.45. The van der Waals surface area contributed by atoms with Gasteiger partial charge in [0.15, 0.2) is 0 Å². The third-order valence-electron chi connectivity index (χ3n) is 12.1. The average molecular weight is 810 g/mol. The van der Waals surface area contributed by atoms with Crippen molar-refractivity contribution in [3.8, 4) is 39.6 Å². The number of nitrogens with one attached hydrogen (secondary N) is 1. The van der Waals surface area contributed by atoms with Crippen molar-refractivity contribution < 1.29 is 4.74 Å². The fraction of sp³-hybridized carbons (Fsp3) is 0.161. The fourth-order valence-corrected chi connectivity index (χ4v) is 9.08. The Morgan fingerprint density at radius 1 is 0.613 bits per heavy atom. The second kappa shape index (κ2) is 15.9. The maximum atomic E-state index is 6.88. The standard InChI is InChI=1S/C56H51N5O/c1-6-7-33-60-48-29-18-30-49-53(48)54-50(60)36-43(37-51(54)61(49)52-34-40(31-32-57-52)56(2,3)4)62-42-24-16-23-41(35-42)58-46-27-14-15-28-47(46)59(5)55-44(38-19-10-8-11-20-38)25-17-26-45(55)39-21-12-9-13-22-39/h8-32,34-37,58H,6-7,33H2,1-5H3. The largest absolute Gasteiger partial charge is 0.457 e. The highest BCUT2D eigenvalue weighted by Crippen LogP contribution is 2.46. The van der Waals surface area contributed by atoms with Gasteiger partial charge in [-0.1, -0.05) is 137 Å². The lowest BCUT2D eigenvalue weighted by Crippen LogP contribution is -2.14. The average Bonchev–Trinajstić information content (AvgIpc) is 3.81. The van der Waals surface area contributed by atoms with E-state index in [0.29, 0.717) is 0 Å². The van der Waals surface area contributed by atoms with Gasteiger partial charge < -0.3 is 19.5 Å². The quantitative estimate of drug-likeness (QED) is 0.134. The van der Waals surface area contributed by atoms with E-state index in [9.17, 15) is 0 Å². The first-order chi connectivity index (χ1) is 30.3. The highest BCUT2D eigenvalue weighted by Gasteiger charge is 2.25. The molecule has 0 bridgehead atoms. The van der Waals surface area contributed by atoms with Gasteiger partial charge >= 0.3 is 0 Å². The molecule has 0 saturated carbocycles. The number of hydrogen-bond acceptors (Lipinski definition) is 4. The second-order valence-electron chi connectivity index (χ2n) is 17.3. The zero-order chi connectivity index (χ0) is 42.4. The summed E-state index contributed by atoms with van der Waals surface area (Å²) in [6.07, 6.45) is 4.15. The van der Waals surface area contributed by atoms with Crippen molar-refractivity contribution in [1.29, 1.82) is 0 Å². The third kappa shape index (κ3) is 7.01. The summed E-state index contributed by atoms with van der Waals surface area (Å²) in [6.45, 7) is 9.95. The number of para-hydroxylation sites is 3. The van der Waals surface area contributed by atoms with Gasteiger partial charge in [0.05, 0.1) is 39.1 Å². The van der Waals surface area contributed by atoms with E-state index in [2.05, 4.69) is 218 Å². The van der Waals surface area contributed by atoms with Crippen molar-refractivity contribution in [2.75, 3.05) is 17.3 Å². The monoisotopic (exact) mass is 809 g/mol. The van der Waals surface area contributed by atoms with Crippen LogP contribution in [0.1, 0.15) is 46.1 Å². The lowest BCUT2D eigenvalue weighted by atomic mass is 9.88. The summed E-state index contributed by atoms with van der Waals surface area (Å²) in [6, 6.07) is 60.1. The predicted octanol–water partition coefficient (Wildman–Crippen LogP) is 15.3. The molecule has 306 valence electrons. The van der Waals surface area contributed by atoms with E-state index < -0.39 is 0 Å². The van der Waals surface area contributed by atoms with Crippen LogP contribution in [0.4, 0.5) is 22.7 Å². The van der Waals surface area contributed by atoms with E-state index in [1.54, 1.807) is 0 Å². The Balaban J connectivity index is 1.03. The number of ether oxygens (including phenoxy) is 1. The topological polar surface area (TPSA) is 47.2 Å². The molecule has 3 aromatic heterocycles. The smallest absolute Gasteiger partial charge is 0.137 e. The van der Waals surface area contributed by atoms with Gasteiger partial charge in [-0.2, -0.15) is 0 Å². The zero-order valence-corrected chi connectivity index (χ0v) is 36.1. The van der Waals surface area contributed by atoms with Crippen LogP contribution in [0.2, 0.25) is 0 Å².